The van der Waals surface area contributed by atoms with E-state index in [0.29, 0.717) is 17.8 Å². The van der Waals surface area contributed by atoms with Crippen molar-refractivity contribution in [2.24, 2.45) is 0 Å². The highest BCUT2D eigenvalue weighted by atomic mass is 32.1. The summed E-state index contributed by atoms with van der Waals surface area (Å²) in [5.41, 5.74) is 1.33. The van der Waals surface area contributed by atoms with E-state index in [9.17, 15) is 4.39 Å². The Morgan fingerprint density at radius 1 is 1.22 bits per heavy atom. The molecule has 2 rings (SSSR count). The van der Waals surface area contributed by atoms with Gasteiger partial charge in [0.25, 0.3) is 0 Å². The summed E-state index contributed by atoms with van der Waals surface area (Å²) in [4.78, 5) is 1.01. The highest BCUT2D eigenvalue weighted by Gasteiger charge is 2.03. The van der Waals surface area contributed by atoms with Crippen LogP contribution in [0, 0.1) is 28.5 Å². The molecule has 5 heteroatoms. The Labute approximate surface area is 108 Å². The second-order valence-corrected chi connectivity index (χ2v) is 4.57. The monoisotopic (exact) mass is 257 g/mol. The minimum Gasteiger partial charge on any atom is -0.380 e. The van der Waals surface area contributed by atoms with E-state index in [-0.39, 0.29) is 5.56 Å². The first kappa shape index (κ1) is 12.1. The van der Waals surface area contributed by atoms with Crippen LogP contribution in [-0.2, 0) is 6.54 Å². The summed E-state index contributed by atoms with van der Waals surface area (Å²) in [6, 6.07) is 9.96. The van der Waals surface area contributed by atoms with Gasteiger partial charge in [0.05, 0.1) is 11.1 Å². The first-order valence-electron chi connectivity index (χ1n) is 5.14. The summed E-state index contributed by atoms with van der Waals surface area (Å²) in [6.45, 7) is 0.544. The molecule has 0 aliphatic heterocycles. The van der Waals surface area contributed by atoms with Crippen molar-refractivity contribution in [3.63, 3.8) is 0 Å². The number of hydrogen-bond donors (Lipinski definition) is 1. The third-order valence-electron chi connectivity index (χ3n) is 2.34. The molecule has 1 aromatic carbocycles. The lowest BCUT2D eigenvalue weighted by Crippen LogP contribution is -1.98. The van der Waals surface area contributed by atoms with Crippen LogP contribution in [0.4, 0.5) is 10.1 Å². The number of thiophene rings is 1. The summed E-state index contributed by atoms with van der Waals surface area (Å²) >= 11 is 1.48. The van der Waals surface area contributed by atoms with Gasteiger partial charge < -0.3 is 5.32 Å². The fourth-order valence-corrected chi connectivity index (χ4v) is 2.19. The normalized spacial score (nSPS) is 9.50. The van der Waals surface area contributed by atoms with Crippen molar-refractivity contribution in [1.29, 1.82) is 10.5 Å². The molecule has 0 unspecified atom stereocenters. The van der Waals surface area contributed by atoms with E-state index >= 15 is 0 Å². The smallest absolute Gasteiger partial charge is 0.141 e. The number of nitrogens with zero attached hydrogens (tertiary/aromatic N) is 2. The summed E-state index contributed by atoms with van der Waals surface area (Å²) in [5.74, 6) is -0.522. The highest BCUT2D eigenvalue weighted by molar-refractivity contribution is 7.10. The molecule has 0 aliphatic carbocycles. The first-order valence-corrected chi connectivity index (χ1v) is 6.02. The van der Waals surface area contributed by atoms with Crippen molar-refractivity contribution in [1.82, 2.24) is 0 Å². The van der Waals surface area contributed by atoms with Crippen LogP contribution in [0.2, 0.25) is 0 Å². The Balaban J connectivity index is 2.07. The van der Waals surface area contributed by atoms with Gasteiger partial charge in [0.1, 0.15) is 18.0 Å². The van der Waals surface area contributed by atoms with Crippen LogP contribution < -0.4 is 5.32 Å². The molecule has 0 saturated carbocycles. The summed E-state index contributed by atoms with van der Waals surface area (Å²) < 4.78 is 13.1. The average Bonchev–Trinajstić information content (AvgIpc) is 2.86. The molecular formula is C13H8FN3S. The molecule has 1 aromatic heterocycles. The van der Waals surface area contributed by atoms with E-state index in [1.165, 1.54) is 23.5 Å². The van der Waals surface area contributed by atoms with Gasteiger partial charge in [-0.1, -0.05) is 0 Å². The molecule has 0 aliphatic rings. The van der Waals surface area contributed by atoms with Crippen LogP contribution in [0.15, 0.2) is 29.6 Å². The standard InChI is InChI=1S/C13H8FN3S/c14-13-2-1-11(4-10(13)6-16)17-7-12-3-9(5-15)8-18-12/h1-4,8,17H,7H2. The predicted molar refractivity (Wildman–Crippen MR) is 67.5 cm³/mol. The van der Waals surface area contributed by atoms with Gasteiger partial charge >= 0.3 is 0 Å². The number of hydrogen-bond acceptors (Lipinski definition) is 4. The zero-order valence-corrected chi connectivity index (χ0v) is 10.1. The van der Waals surface area contributed by atoms with Gasteiger partial charge in [-0.25, -0.2) is 4.39 Å². The number of halogens is 1. The molecule has 2 aromatic rings. The molecule has 0 bridgehead atoms. The van der Waals surface area contributed by atoms with E-state index in [1.54, 1.807) is 23.6 Å². The van der Waals surface area contributed by atoms with Crippen LogP contribution in [-0.4, -0.2) is 0 Å². The number of nitriles is 2. The Morgan fingerprint density at radius 2 is 2.06 bits per heavy atom. The van der Waals surface area contributed by atoms with E-state index in [4.69, 9.17) is 10.5 Å². The number of anilines is 1. The number of nitrogens with one attached hydrogen (secondary N) is 1. The molecule has 18 heavy (non-hydrogen) atoms. The van der Waals surface area contributed by atoms with Crippen LogP contribution in [0.25, 0.3) is 0 Å². The van der Waals surface area contributed by atoms with Gasteiger partial charge in [-0.15, -0.1) is 11.3 Å². The maximum Gasteiger partial charge on any atom is 0.141 e. The SMILES string of the molecule is N#Cc1csc(CNc2ccc(F)c(C#N)c2)c1. The fraction of sp³-hybridized carbons (Fsp3) is 0.0769. The zero-order chi connectivity index (χ0) is 13.0. The highest BCUT2D eigenvalue weighted by Crippen LogP contribution is 2.18. The quantitative estimate of drug-likeness (QED) is 0.918. The van der Waals surface area contributed by atoms with Crippen LogP contribution >= 0.6 is 11.3 Å². The van der Waals surface area contributed by atoms with Crippen molar-refractivity contribution in [3.8, 4) is 12.1 Å². The molecule has 0 amide bonds. The fourth-order valence-electron chi connectivity index (χ4n) is 1.44. The van der Waals surface area contributed by atoms with Crippen LogP contribution in [0.3, 0.4) is 0 Å². The third kappa shape index (κ3) is 2.65. The lowest BCUT2D eigenvalue weighted by Gasteiger charge is -2.05. The lowest BCUT2D eigenvalue weighted by atomic mass is 10.2. The molecule has 3 nitrogen and oxygen atoms in total. The maximum atomic E-state index is 13.1. The lowest BCUT2D eigenvalue weighted by molar-refractivity contribution is 0.624. The Bertz CT molecular complexity index is 649. The van der Waals surface area contributed by atoms with E-state index < -0.39 is 5.82 Å². The number of rotatable bonds is 3. The molecule has 0 atom stereocenters. The third-order valence-corrected chi connectivity index (χ3v) is 3.27. The van der Waals surface area contributed by atoms with Gasteiger partial charge in [-0.05, 0) is 24.3 Å². The minimum absolute atomic E-state index is 0.0175. The van der Waals surface area contributed by atoms with Gasteiger partial charge in [0.15, 0.2) is 0 Å². The molecule has 1 heterocycles. The second kappa shape index (κ2) is 5.31. The molecule has 1 N–H and O–H groups in total. The predicted octanol–water partition coefficient (Wildman–Crippen LogP) is 3.24. The average molecular weight is 257 g/mol. The van der Waals surface area contributed by atoms with Crippen molar-refractivity contribution in [3.05, 3.63) is 51.5 Å². The summed E-state index contributed by atoms with van der Waals surface area (Å²) in [5, 5.41) is 22.3. The minimum atomic E-state index is -0.522. The summed E-state index contributed by atoms with van der Waals surface area (Å²) in [6.07, 6.45) is 0. The zero-order valence-electron chi connectivity index (χ0n) is 9.27. The Morgan fingerprint density at radius 3 is 2.72 bits per heavy atom. The van der Waals surface area contributed by atoms with Gasteiger partial charge in [0.2, 0.25) is 0 Å². The second-order valence-electron chi connectivity index (χ2n) is 3.57. The topological polar surface area (TPSA) is 59.6 Å². The van der Waals surface area contributed by atoms with E-state index in [0.717, 1.165) is 4.88 Å². The molecule has 0 spiro atoms. The van der Waals surface area contributed by atoms with Crippen LogP contribution in [0.5, 0.6) is 0 Å². The van der Waals surface area contributed by atoms with Gasteiger partial charge in [-0.3, -0.25) is 0 Å². The van der Waals surface area contributed by atoms with Crippen molar-refractivity contribution >= 4 is 17.0 Å². The van der Waals surface area contributed by atoms with Crippen LogP contribution in [0.1, 0.15) is 16.0 Å². The van der Waals surface area contributed by atoms with Gasteiger partial charge in [0, 0.05) is 22.5 Å². The molecule has 0 fully saturated rings. The molecule has 0 saturated heterocycles. The van der Waals surface area contributed by atoms with Crippen molar-refractivity contribution < 1.29 is 4.39 Å². The van der Waals surface area contributed by atoms with E-state index in [2.05, 4.69) is 11.4 Å². The van der Waals surface area contributed by atoms with Gasteiger partial charge in [-0.2, -0.15) is 10.5 Å². The molecule has 0 radical (unpaired) electrons. The maximum absolute atomic E-state index is 13.1. The van der Waals surface area contributed by atoms with Crippen molar-refractivity contribution in [2.45, 2.75) is 6.54 Å². The molecular weight excluding hydrogens is 249 g/mol. The molecule has 88 valence electrons. The Hall–Kier alpha value is -2.37. The van der Waals surface area contributed by atoms with Crippen molar-refractivity contribution in [2.75, 3.05) is 5.32 Å². The number of benzene rings is 1. The largest absolute Gasteiger partial charge is 0.380 e. The van der Waals surface area contributed by atoms with E-state index in [1.807, 2.05) is 0 Å². The first-order chi connectivity index (χ1) is 8.72. The Kier molecular flexibility index (Phi) is 3.57. The summed E-state index contributed by atoms with van der Waals surface area (Å²) in [7, 11) is 0.